The summed E-state index contributed by atoms with van der Waals surface area (Å²) in [6, 6.07) is 2.64. The van der Waals surface area contributed by atoms with E-state index in [9.17, 15) is 13.6 Å². The van der Waals surface area contributed by atoms with Crippen molar-refractivity contribution in [3.05, 3.63) is 29.3 Å². The van der Waals surface area contributed by atoms with E-state index >= 15 is 0 Å². The maximum absolute atomic E-state index is 13.4. The number of anilines is 1. The van der Waals surface area contributed by atoms with E-state index in [0.29, 0.717) is 13.0 Å². The van der Waals surface area contributed by atoms with Crippen molar-refractivity contribution in [1.29, 1.82) is 0 Å². The Bertz CT molecular complexity index is 420. The third kappa shape index (κ3) is 1.65. The van der Waals surface area contributed by atoms with Gasteiger partial charge >= 0.3 is 0 Å². The first kappa shape index (κ1) is 9.89. The van der Waals surface area contributed by atoms with Crippen LogP contribution in [-0.4, -0.2) is 19.0 Å². The zero-order valence-corrected chi connectivity index (χ0v) is 7.96. The molecule has 0 bridgehead atoms. The van der Waals surface area contributed by atoms with Crippen molar-refractivity contribution >= 4 is 11.6 Å². The Labute approximate surface area is 85.5 Å². The fourth-order valence-electron chi connectivity index (χ4n) is 1.84. The molecule has 5 heteroatoms. The number of fused-ring (bicyclic) bond motifs is 1. The highest BCUT2D eigenvalue weighted by Gasteiger charge is 2.25. The van der Waals surface area contributed by atoms with Gasteiger partial charge in [0.25, 0.3) is 0 Å². The first-order valence-electron chi connectivity index (χ1n) is 4.59. The van der Waals surface area contributed by atoms with E-state index in [-0.39, 0.29) is 12.2 Å². The molecule has 0 aromatic heterocycles. The van der Waals surface area contributed by atoms with Crippen LogP contribution in [0.25, 0.3) is 0 Å². The smallest absolute Gasteiger partial charge is 0.236 e. The second-order valence-electron chi connectivity index (χ2n) is 3.51. The number of rotatable bonds is 2. The van der Waals surface area contributed by atoms with Crippen LogP contribution in [0.1, 0.15) is 5.56 Å². The molecule has 2 N–H and O–H groups in total. The van der Waals surface area contributed by atoms with Crippen molar-refractivity contribution in [1.82, 2.24) is 0 Å². The Morgan fingerprint density at radius 2 is 2.20 bits per heavy atom. The molecule has 0 unspecified atom stereocenters. The average Bonchev–Trinajstić information content (AvgIpc) is 2.55. The van der Waals surface area contributed by atoms with Gasteiger partial charge in [0.05, 0.1) is 12.2 Å². The molecule has 15 heavy (non-hydrogen) atoms. The summed E-state index contributed by atoms with van der Waals surface area (Å²) in [5, 5.41) is 0. The molecular formula is C10H10F2N2O. The molecule has 1 aliphatic rings. The van der Waals surface area contributed by atoms with Crippen molar-refractivity contribution in [2.75, 3.05) is 18.0 Å². The molecule has 1 aliphatic heterocycles. The van der Waals surface area contributed by atoms with Crippen LogP contribution in [0.3, 0.4) is 0 Å². The normalized spacial score (nSPS) is 14.1. The second kappa shape index (κ2) is 3.49. The highest BCUT2D eigenvalue weighted by molar-refractivity contribution is 5.80. The number of carbonyl (C=O) groups is 1. The van der Waals surface area contributed by atoms with Gasteiger partial charge in [0.15, 0.2) is 11.6 Å². The maximum atomic E-state index is 13.4. The minimum absolute atomic E-state index is 0.0760. The molecule has 1 aromatic carbocycles. The van der Waals surface area contributed by atoms with Crippen LogP contribution in [0.5, 0.6) is 0 Å². The molecular weight excluding hydrogens is 202 g/mol. The molecule has 0 saturated carbocycles. The van der Waals surface area contributed by atoms with Crippen molar-refractivity contribution in [3.63, 3.8) is 0 Å². The highest BCUT2D eigenvalue weighted by atomic mass is 19.2. The lowest BCUT2D eigenvalue weighted by molar-refractivity contribution is -0.116. The highest BCUT2D eigenvalue weighted by Crippen LogP contribution is 2.31. The number of halogens is 2. The summed E-state index contributed by atoms with van der Waals surface area (Å²) in [6.07, 6.45) is 0.611. The van der Waals surface area contributed by atoms with Crippen molar-refractivity contribution in [3.8, 4) is 0 Å². The summed E-state index contributed by atoms with van der Waals surface area (Å²) in [5.74, 6) is -2.34. The topological polar surface area (TPSA) is 46.3 Å². The molecule has 0 saturated heterocycles. The monoisotopic (exact) mass is 212 g/mol. The lowest BCUT2D eigenvalue weighted by Crippen LogP contribution is -2.32. The molecule has 0 aliphatic carbocycles. The first-order valence-corrected chi connectivity index (χ1v) is 4.59. The summed E-state index contributed by atoms with van der Waals surface area (Å²) < 4.78 is 26.4. The van der Waals surface area contributed by atoms with Gasteiger partial charge in [0, 0.05) is 6.54 Å². The van der Waals surface area contributed by atoms with E-state index in [1.54, 1.807) is 0 Å². The van der Waals surface area contributed by atoms with Gasteiger partial charge in [-0.3, -0.25) is 4.79 Å². The molecule has 1 heterocycles. The van der Waals surface area contributed by atoms with E-state index in [4.69, 9.17) is 5.73 Å². The predicted octanol–water partition coefficient (Wildman–Crippen LogP) is 0.813. The fraction of sp³-hybridized carbons (Fsp3) is 0.300. The quantitative estimate of drug-likeness (QED) is 0.788. The molecule has 0 radical (unpaired) electrons. The molecule has 0 fully saturated rings. The van der Waals surface area contributed by atoms with Gasteiger partial charge in [-0.1, -0.05) is 6.07 Å². The Balaban J connectivity index is 2.40. The lowest BCUT2D eigenvalue weighted by Gasteiger charge is -2.17. The molecule has 0 spiro atoms. The second-order valence-corrected chi connectivity index (χ2v) is 3.51. The number of hydrogen-bond acceptors (Lipinski definition) is 2. The Hall–Kier alpha value is -1.65. The number of carbonyl (C=O) groups excluding carboxylic acids is 1. The van der Waals surface area contributed by atoms with Gasteiger partial charge in [-0.25, -0.2) is 8.78 Å². The van der Waals surface area contributed by atoms with Gasteiger partial charge in [0.1, 0.15) is 0 Å². The van der Waals surface area contributed by atoms with Crippen molar-refractivity contribution in [2.24, 2.45) is 5.73 Å². The average molecular weight is 212 g/mol. The Kier molecular flexibility index (Phi) is 2.30. The lowest BCUT2D eigenvalue weighted by atomic mass is 10.1. The van der Waals surface area contributed by atoms with Gasteiger partial charge in [0.2, 0.25) is 5.91 Å². The van der Waals surface area contributed by atoms with Crippen LogP contribution in [0, 0.1) is 11.6 Å². The first-order chi connectivity index (χ1) is 7.09. The number of amides is 1. The third-order valence-electron chi connectivity index (χ3n) is 2.47. The number of nitrogens with two attached hydrogens (primary N) is 1. The van der Waals surface area contributed by atoms with Crippen LogP contribution < -0.4 is 10.6 Å². The van der Waals surface area contributed by atoms with Crippen LogP contribution in [0.2, 0.25) is 0 Å². The largest absolute Gasteiger partial charge is 0.368 e. The predicted molar refractivity (Wildman–Crippen MR) is 51.5 cm³/mol. The third-order valence-corrected chi connectivity index (χ3v) is 2.47. The molecule has 3 nitrogen and oxygen atoms in total. The molecule has 0 atom stereocenters. The SMILES string of the molecule is NC(=O)CN1CCc2ccc(F)c(F)c21. The van der Waals surface area contributed by atoms with E-state index in [0.717, 1.165) is 11.6 Å². The molecule has 1 aromatic rings. The van der Waals surface area contributed by atoms with Crippen LogP contribution in [-0.2, 0) is 11.2 Å². The van der Waals surface area contributed by atoms with E-state index < -0.39 is 17.5 Å². The van der Waals surface area contributed by atoms with E-state index in [1.165, 1.54) is 11.0 Å². The fourth-order valence-corrected chi connectivity index (χ4v) is 1.84. The minimum Gasteiger partial charge on any atom is -0.368 e. The van der Waals surface area contributed by atoms with E-state index in [2.05, 4.69) is 0 Å². The van der Waals surface area contributed by atoms with Crippen LogP contribution >= 0.6 is 0 Å². The van der Waals surface area contributed by atoms with Crippen LogP contribution in [0.15, 0.2) is 12.1 Å². The standard InChI is InChI=1S/C10H10F2N2O/c11-7-2-1-6-3-4-14(5-8(13)15)10(6)9(7)12/h1-2H,3-5H2,(H2,13,15). The Morgan fingerprint density at radius 1 is 1.47 bits per heavy atom. The van der Waals surface area contributed by atoms with Gasteiger partial charge < -0.3 is 10.6 Å². The van der Waals surface area contributed by atoms with Crippen molar-refractivity contribution in [2.45, 2.75) is 6.42 Å². The zero-order chi connectivity index (χ0) is 11.0. The van der Waals surface area contributed by atoms with Gasteiger partial charge in [-0.15, -0.1) is 0 Å². The number of primary amides is 1. The minimum atomic E-state index is -0.898. The summed E-state index contributed by atoms with van der Waals surface area (Å²) in [5.41, 5.74) is 5.91. The number of hydrogen-bond donors (Lipinski definition) is 1. The van der Waals surface area contributed by atoms with Gasteiger partial charge in [-0.2, -0.15) is 0 Å². The Morgan fingerprint density at radius 3 is 2.87 bits per heavy atom. The van der Waals surface area contributed by atoms with Gasteiger partial charge in [-0.05, 0) is 18.1 Å². The van der Waals surface area contributed by atoms with Crippen molar-refractivity contribution < 1.29 is 13.6 Å². The summed E-state index contributed by atoms with van der Waals surface area (Å²) in [4.78, 5) is 12.2. The summed E-state index contributed by atoms with van der Waals surface area (Å²) in [6.45, 7) is 0.423. The summed E-state index contributed by atoms with van der Waals surface area (Å²) >= 11 is 0. The van der Waals surface area contributed by atoms with E-state index in [1.807, 2.05) is 0 Å². The summed E-state index contributed by atoms with van der Waals surface area (Å²) in [7, 11) is 0. The number of benzene rings is 1. The number of nitrogens with zero attached hydrogens (tertiary/aromatic N) is 1. The zero-order valence-electron chi connectivity index (χ0n) is 7.96. The van der Waals surface area contributed by atoms with Crippen LogP contribution in [0.4, 0.5) is 14.5 Å². The maximum Gasteiger partial charge on any atom is 0.236 e. The molecule has 1 amide bonds. The molecule has 80 valence electrons. The molecule has 2 rings (SSSR count).